The van der Waals surface area contributed by atoms with E-state index in [1.165, 1.54) is 12.1 Å². The normalized spacial score (nSPS) is 11.8. The van der Waals surface area contributed by atoms with Crippen LogP contribution in [0.5, 0.6) is 0 Å². The van der Waals surface area contributed by atoms with Crippen LogP contribution in [0.4, 0.5) is 8.78 Å². The second kappa shape index (κ2) is 3.35. The Bertz CT molecular complexity index is 308. The van der Waals surface area contributed by atoms with Crippen LogP contribution >= 0.6 is 15.9 Å². The third-order valence-corrected chi connectivity index (χ3v) is 2.49. The summed E-state index contributed by atoms with van der Waals surface area (Å²) >= 11 is 2.79. The van der Waals surface area contributed by atoms with E-state index >= 15 is 0 Å². The van der Waals surface area contributed by atoms with Crippen molar-refractivity contribution in [2.24, 2.45) is 5.73 Å². The van der Waals surface area contributed by atoms with Crippen molar-refractivity contribution in [3.05, 3.63) is 33.8 Å². The van der Waals surface area contributed by atoms with Crippen LogP contribution in [0, 0.1) is 11.6 Å². The van der Waals surface area contributed by atoms with Gasteiger partial charge in [0.15, 0.2) is 0 Å². The van der Waals surface area contributed by atoms with Gasteiger partial charge in [0.25, 0.3) is 0 Å². The molecule has 13 heavy (non-hydrogen) atoms. The number of rotatable bonds is 1. The fourth-order valence-corrected chi connectivity index (χ4v) is 1.16. The van der Waals surface area contributed by atoms with Crippen LogP contribution in [0.25, 0.3) is 0 Å². The van der Waals surface area contributed by atoms with E-state index in [1.807, 2.05) is 0 Å². The molecule has 0 bridgehead atoms. The SMILES string of the molecule is CC(C)(N)c1cc(F)c(Br)c(F)c1. The van der Waals surface area contributed by atoms with Crippen molar-refractivity contribution in [2.45, 2.75) is 19.4 Å². The summed E-state index contributed by atoms with van der Waals surface area (Å²) in [6.45, 7) is 3.38. The minimum Gasteiger partial charge on any atom is -0.322 e. The van der Waals surface area contributed by atoms with Gasteiger partial charge < -0.3 is 5.73 Å². The molecule has 0 spiro atoms. The Balaban J connectivity index is 3.29. The highest BCUT2D eigenvalue weighted by Crippen LogP contribution is 2.25. The number of nitrogens with two attached hydrogens (primary N) is 1. The molecule has 0 aliphatic heterocycles. The van der Waals surface area contributed by atoms with E-state index in [-0.39, 0.29) is 4.47 Å². The highest BCUT2D eigenvalue weighted by atomic mass is 79.9. The Morgan fingerprint density at radius 2 is 1.62 bits per heavy atom. The Labute approximate surface area is 84.1 Å². The summed E-state index contributed by atoms with van der Waals surface area (Å²) in [6, 6.07) is 2.46. The predicted molar refractivity (Wildman–Crippen MR) is 51.3 cm³/mol. The van der Waals surface area contributed by atoms with Gasteiger partial charge in [0.05, 0.1) is 4.47 Å². The topological polar surface area (TPSA) is 26.0 Å². The molecule has 0 unspecified atom stereocenters. The molecule has 0 radical (unpaired) electrons. The van der Waals surface area contributed by atoms with Gasteiger partial charge >= 0.3 is 0 Å². The molecule has 2 N–H and O–H groups in total. The smallest absolute Gasteiger partial charge is 0.140 e. The van der Waals surface area contributed by atoms with E-state index in [1.54, 1.807) is 13.8 Å². The lowest BCUT2D eigenvalue weighted by atomic mass is 9.96. The van der Waals surface area contributed by atoms with Crippen molar-refractivity contribution in [3.63, 3.8) is 0 Å². The zero-order chi connectivity index (χ0) is 10.2. The summed E-state index contributed by atoms with van der Waals surface area (Å²) in [4.78, 5) is 0. The zero-order valence-corrected chi connectivity index (χ0v) is 8.95. The fourth-order valence-electron chi connectivity index (χ4n) is 0.928. The van der Waals surface area contributed by atoms with Gasteiger partial charge in [-0.15, -0.1) is 0 Å². The molecule has 0 aliphatic carbocycles. The van der Waals surface area contributed by atoms with Crippen LogP contribution in [0.1, 0.15) is 19.4 Å². The number of hydrogen-bond donors (Lipinski definition) is 1. The molecule has 4 heteroatoms. The molecule has 0 fully saturated rings. The first kappa shape index (κ1) is 10.6. The van der Waals surface area contributed by atoms with E-state index < -0.39 is 17.2 Å². The molecule has 0 aliphatic rings. The lowest BCUT2D eigenvalue weighted by molar-refractivity contribution is 0.521. The van der Waals surface area contributed by atoms with Crippen LogP contribution < -0.4 is 5.73 Å². The molecule has 1 nitrogen and oxygen atoms in total. The van der Waals surface area contributed by atoms with Crippen molar-refractivity contribution < 1.29 is 8.78 Å². The molecule has 0 atom stereocenters. The molecule has 0 heterocycles. The van der Waals surface area contributed by atoms with E-state index in [2.05, 4.69) is 15.9 Å². The van der Waals surface area contributed by atoms with Crippen LogP contribution in [0.3, 0.4) is 0 Å². The molecule has 0 saturated carbocycles. The summed E-state index contributed by atoms with van der Waals surface area (Å²) in [5.74, 6) is -1.26. The Morgan fingerprint density at radius 3 is 1.92 bits per heavy atom. The Hall–Kier alpha value is -0.480. The van der Waals surface area contributed by atoms with Gasteiger partial charge in [-0.25, -0.2) is 8.78 Å². The second-order valence-electron chi connectivity index (χ2n) is 3.48. The largest absolute Gasteiger partial charge is 0.322 e. The molecular weight excluding hydrogens is 240 g/mol. The third-order valence-electron chi connectivity index (χ3n) is 1.73. The van der Waals surface area contributed by atoms with Gasteiger partial charge in [-0.1, -0.05) is 0 Å². The van der Waals surface area contributed by atoms with Gasteiger partial charge in [-0.2, -0.15) is 0 Å². The summed E-state index contributed by atoms with van der Waals surface area (Å²) in [5.41, 5.74) is 5.40. The summed E-state index contributed by atoms with van der Waals surface area (Å²) < 4.78 is 25.9. The number of halogens is 3. The number of hydrogen-bond acceptors (Lipinski definition) is 1. The van der Waals surface area contributed by atoms with E-state index in [0.717, 1.165) is 0 Å². The van der Waals surface area contributed by atoms with Crippen LogP contribution in [-0.4, -0.2) is 0 Å². The Morgan fingerprint density at radius 1 is 1.23 bits per heavy atom. The monoisotopic (exact) mass is 249 g/mol. The summed E-state index contributed by atoms with van der Waals surface area (Å²) in [5, 5.41) is 0. The average Bonchev–Trinajstić information content (AvgIpc) is 1.97. The summed E-state index contributed by atoms with van der Waals surface area (Å²) in [6.07, 6.45) is 0. The Kier molecular flexibility index (Phi) is 2.73. The zero-order valence-electron chi connectivity index (χ0n) is 7.37. The third kappa shape index (κ3) is 2.25. The van der Waals surface area contributed by atoms with Crippen LogP contribution in [0.2, 0.25) is 0 Å². The van der Waals surface area contributed by atoms with Gasteiger partial charge in [-0.3, -0.25) is 0 Å². The van der Waals surface area contributed by atoms with Gasteiger partial charge in [0.2, 0.25) is 0 Å². The van der Waals surface area contributed by atoms with E-state index in [4.69, 9.17) is 5.73 Å². The molecule has 1 aromatic rings. The summed E-state index contributed by atoms with van der Waals surface area (Å²) in [7, 11) is 0. The molecular formula is C9H10BrF2N. The molecule has 1 aromatic carbocycles. The maximum atomic E-state index is 13.0. The molecule has 0 amide bonds. The van der Waals surface area contributed by atoms with Crippen molar-refractivity contribution in [1.82, 2.24) is 0 Å². The predicted octanol–water partition coefficient (Wildman–Crippen LogP) is 2.92. The van der Waals surface area contributed by atoms with Crippen molar-refractivity contribution in [2.75, 3.05) is 0 Å². The average molecular weight is 250 g/mol. The molecule has 0 aromatic heterocycles. The first-order valence-electron chi connectivity index (χ1n) is 3.76. The quantitative estimate of drug-likeness (QED) is 0.762. The van der Waals surface area contributed by atoms with Gasteiger partial charge in [-0.05, 0) is 47.5 Å². The first-order valence-corrected chi connectivity index (χ1v) is 4.55. The van der Waals surface area contributed by atoms with E-state index in [9.17, 15) is 8.78 Å². The first-order chi connectivity index (χ1) is 5.82. The van der Waals surface area contributed by atoms with Gasteiger partial charge in [0, 0.05) is 5.54 Å². The molecule has 72 valence electrons. The second-order valence-corrected chi connectivity index (χ2v) is 4.27. The minimum absolute atomic E-state index is 0.152. The van der Waals surface area contributed by atoms with Crippen molar-refractivity contribution in [1.29, 1.82) is 0 Å². The molecule has 1 rings (SSSR count). The maximum absolute atomic E-state index is 13.0. The van der Waals surface area contributed by atoms with Crippen molar-refractivity contribution >= 4 is 15.9 Å². The minimum atomic E-state index is -0.734. The highest BCUT2D eigenvalue weighted by molar-refractivity contribution is 9.10. The fraction of sp³-hybridized carbons (Fsp3) is 0.333. The highest BCUT2D eigenvalue weighted by Gasteiger charge is 2.18. The van der Waals surface area contributed by atoms with Crippen LogP contribution in [-0.2, 0) is 5.54 Å². The van der Waals surface area contributed by atoms with E-state index in [0.29, 0.717) is 5.56 Å². The maximum Gasteiger partial charge on any atom is 0.140 e. The molecule has 0 saturated heterocycles. The number of benzene rings is 1. The standard InChI is InChI=1S/C9H10BrF2N/c1-9(2,13)5-3-6(11)8(10)7(12)4-5/h3-4H,13H2,1-2H3. The lowest BCUT2D eigenvalue weighted by Crippen LogP contribution is -2.28. The van der Waals surface area contributed by atoms with Crippen LogP contribution in [0.15, 0.2) is 16.6 Å². The van der Waals surface area contributed by atoms with Crippen molar-refractivity contribution in [3.8, 4) is 0 Å². The van der Waals surface area contributed by atoms with Gasteiger partial charge in [0.1, 0.15) is 11.6 Å². The lowest BCUT2D eigenvalue weighted by Gasteiger charge is -2.19.